The van der Waals surface area contributed by atoms with Gasteiger partial charge in [-0.25, -0.2) is 0 Å². The van der Waals surface area contributed by atoms with Crippen LogP contribution in [0, 0.1) is 12.3 Å². The maximum absolute atomic E-state index is 12.1. The van der Waals surface area contributed by atoms with Crippen LogP contribution >= 0.6 is 11.6 Å². The van der Waals surface area contributed by atoms with Crippen LogP contribution in [0.1, 0.15) is 15.9 Å². The quantitative estimate of drug-likeness (QED) is 0.651. The average Bonchev–Trinajstić information content (AvgIpc) is 2.38. The predicted octanol–water partition coefficient (Wildman–Crippen LogP) is 3.16. The Hall–Kier alpha value is -2.44. The van der Waals surface area contributed by atoms with Gasteiger partial charge in [0.25, 0.3) is 5.91 Å². The van der Waals surface area contributed by atoms with Gasteiger partial charge >= 0.3 is 0 Å². The summed E-state index contributed by atoms with van der Waals surface area (Å²) in [7, 11) is 0. The van der Waals surface area contributed by atoms with Crippen molar-refractivity contribution in [1.82, 2.24) is 0 Å². The van der Waals surface area contributed by atoms with Gasteiger partial charge in [0.1, 0.15) is 0 Å². The molecule has 0 aliphatic carbocycles. The summed E-state index contributed by atoms with van der Waals surface area (Å²) in [5.41, 5.74) is 7.63. The third-order valence-corrected chi connectivity index (χ3v) is 2.87. The molecule has 3 N–H and O–H groups in total. The number of hydrogen-bond donors (Lipinski definition) is 2. The van der Waals surface area contributed by atoms with Gasteiger partial charge in [0.05, 0.1) is 10.6 Å². The summed E-state index contributed by atoms with van der Waals surface area (Å²) in [5.74, 6) is 2.14. The fourth-order valence-corrected chi connectivity index (χ4v) is 1.93. The zero-order valence-electron chi connectivity index (χ0n) is 9.98. The fourth-order valence-electron chi connectivity index (χ4n) is 1.66. The Morgan fingerprint density at radius 3 is 2.68 bits per heavy atom. The Bertz CT molecular complexity index is 654. The number of anilines is 2. The highest BCUT2D eigenvalue weighted by molar-refractivity contribution is 6.35. The number of hydrogen-bond acceptors (Lipinski definition) is 2. The number of amides is 1. The number of nitrogen functional groups attached to an aromatic ring is 1. The van der Waals surface area contributed by atoms with Crippen LogP contribution in [0.15, 0.2) is 42.5 Å². The Balaban J connectivity index is 2.29. The van der Waals surface area contributed by atoms with Crippen molar-refractivity contribution >= 4 is 28.9 Å². The molecule has 0 fully saturated rings. The minimum Gasteiger partial charge on any atom is -0.398 e. The Labute approximate surface area is 116 Å². The SMILES string of the molecule is C#Cc1cccc(NC(=O)c2c(N)cccc2Cl)c1. The minimum absolute atomic E-state index is 0.260. The molecule has 2 rings (SSSR count). The molecule has 0 radical (unpaired) electrons. The van der Waals surface area contributed by atoms with E-state index in [2.05, 4.69) is 11.2 Å². The molecule has 0 saturated carbocycles. The largest absolute Gasteiger partial charge is 0.398 e. The van der Waals surface area contributed by atoms with Gasteiger partial charge < -0.3 is 11.1 Å². The lowest BCUT2D eigenvalue weighted by Gasteiger charge is -2.09. The molecule has 2 aromatic rings. The van der Waals surface area contributed by atoms with Crippen LogP contribution in [0.5, 0.6) is 0 Å². The molecule has 4 heteroatoms. The van der Waals surface area contributed by atoms with Gasteiger partial charge in [0.2, 0.25) is 0 Å². The lowest BCUT2D eigenvalue weighted by atomic mass is 10.1. The highest BCUT2D eigenvalue weighted by Gasteiger charge is 2.13. The second-order valence-electron chi connectivity index (χ2n) is 3.88. The number of carbonyl (C=O) groups excluding carboxylic acids is 1. The minimum atomic E-state index is -0.364. The van der Waals surface area contributed by atoms with E-state index in [-0.39, 0.29) is 11.5 Å². The average molecular weight is 271 g/mol. The number of benzene rings is 2. The van der Waals surface area contributed by atoms with Crippen LogP contribution in [0.25, 0.3) is 0 Å². The zero-order valence-corrected chi connectivity index (χ0v) is 10.7. The van der Waals surface area contributed by atoms with E-state index in [4.69, 9.17) is 23.8 Å². The fraction of sp³-hybridized carbons (Fsp3) is 0. The maximum Gasteiger partial charge on any atom is 0.259 e. The molecule has 2 aromatic carbocycles. The Morgan fingerprint density at radius 2 is 2.00 bits per heavy atom. The summed E-state index contributed by atoms with van der Waals surface area (Å²) in [6, 6.07) is 11.9. The normalized spacial score (nSPS) is 9.68. The van der Waals surface area contributed by atoms with Crippen LogP contribution in [-0.4, -0.2) is 5.91 Å². The summed E-state index contributed by atoms with van der Waals surface area (Å²) in [5, 5.41) is 3.03. The first-order valence-corrected chi connectivity index (χ1v) is 5.91. The summed E-state index contributed by atoms with van der Waals surface area (Å²) >= 11 is 5.98. The summed E-state index contributed by atoms with van der Waals surface area (Å²) < 4.78 is 0. The van der Waals surface area contributed by atoms with Crippen molar-refractivity contribution in [3.8, 4) is 12.3 Å². The van der Waals surface area contributed by atoms with E-state index in [0.29, 0.717) is 22.0 Å². The van der Waals surface area contributed by atoms with Crippen molar-refractivity contribution in [2.45, 2.75) is 0 Å². The predicted molar refractivity (Wildman–Crippen MR) is 78.2 cm³/mol. The van der Waals surface area contributed by atoms with Crippen molar-refractivity contribution in [2.24, 2.45) is 0 Å². The zero-order chi connectivity index (χ0) is 13.8. The van der Waals surface area contributed by atoms with Gasteiger partial charge in [-0.3, -0.25) is 4.79 Å². The molecule has 3 nitrogen and oxygen atoms in total. The molecule has 0 aromatic heterocycles. The van der Waals surface area contributed by atoms with Crippen molar-refractivity contribution in [3.63, 3.8) is 0 Å². The number of nitrogens with two attached hydrogens (primary N) is 1. The second-order valence-corrected chi connectivity index (χ2v) is 4.29. The molecule has 19 heavy (non-hydrogen) atoms. The number of terminal acetylenes is 1. The summed E-state index contributed by atoms with van der Waals surface area (Å²) in [6.45, 7) is 0. The third kappa shape index (κ3) is 2.87. The van der Waals surface area contributed by atoms with Crippen molar-refractivity contribution in [2.75, 3.05) is 11.1 Å². The maximum atomic E-state index is 12.1. The van der Waals surface area contributed by atoms with Crippen LogP contribution in [-0.2, 0) is 0 Å². The summed E-state index contributed by atoms with van der Waals surface area (Å²) in [4.78, 5) is 12.1. The van der Waals surface area contributed by atoms with E-state index in [1.54, 1.807) is 42.5 Å². The molecule has 0 heterocycles. The van der Waals surface area contributed by atoms with Crippen LogP contribution in [0.4, 0.5) is 11.4 Å². The Morgan fingerprint density at radius 1 is 1.26 bits per heavy atom. The first kappa shape index (κ1) is 13.0. The van der Waals surface area contributed by atoms with Crippen LogP contribution in [0.3, 0.4) is 0 Å². The molecule has 0 atom stereocenters. The lowest BCUT2D eigenvalue weighted by Crippen LogP contribution is -2.14. The molecule has 1 amide bonds. The first-order valence-electron chi connectivity index (χ1n) is 5.54. The molecule has 0 bridgehead atoms. The smallest absolute Gasteiger partial charge is 0.259 e. The van der Waals surface area contributed by atoms with Gasteiger partial charge in [0.15, 0.2) is 0 Å². The number of halogens is 1. The molecule has 0 spiro atoms. The van der Waals surface area contributed by atoms with Gasteiger partial charge in [-0.1, -0.05) is 29.7 Å². The van der Waals surface area contributed by atoms with E-state index in [1.165, 1.54) is 0 Å². The van der Waals surface area contributed by atoms with E-state index >= 15 is 0 Å². The van der Waals surface area contributed by atoms with Gasteiger partial charge in [-0.05, 0) is 30.3 Å². The van der Waals surface area contributed by atoms with E-state index in [0.717, 1.165) is 0 Å². The molecule has 94 valence electrons. The molecule has 0 aliphatic heterocycles. The number of nitrogens with one attached hydrogen (secondary N) is 1. The molecular formula is C15H11ClN2O. The molecular weight excluding hydrogens is 260 g/mol. The summed E-state index contributed by atoms with van der Waals surface area (Å²) in [6.07, 6.45) is 5.31. The van der Waals surface area contributed by atoms with E-state index in [9.17, 15) is 4.79 Å². The van der Waals surface area contributed by atoms with Crippen molar-refractivity contribution in [1.29, 1.82) is 0 Å². The monoisotopic (exact) mass is 270 g/mol. The topological polar surface area (TPSA) is 55.1 Å². The van der Waals surface area contributed by atoms with Crippen molar-refractivity contribution < 1.29 is 4.79 Å². The molecule has 0 aliphatic rings. The second kappa shape index (κ2) is 5.47. The molecule has 0 unspecified atom stereocenters. The van der Waals surface area contributed by atoms with E-state index < -0.39 is 0 Å². The lowest BCUT2D eigenvalue weighted by molar-refractivity contribution is 0.102. The highest BCUT2D eigenvalue weighted by Crippen LogP contribution is 2.23. The number of carbonyl (C=O) groups is 1. The molecule has 0 saturated heterocycles. The van der Waals surface area contributed by atoms with Gasteiger partial charge in [-0.2, -0.15) is 0 Å². The van der Waals surface area contributed by atoms with Crippen LogP contribution < -0.4 is 11.1 Å². The Kier molecular flexibility index (Phi) is 3.74. The van der Waals surface area contributed by atoms with Gasteiger partial charge in [0, 0.05) is 16.9 Å². The van der Waals surface area contributed by atoms with Crippen molar-refractivity contribution in [3.05, 3.63) is 58.6 Å². The first-order chi connectivity index (χ1) is 9.11. The standard InChI is InChI=1S/C15H11ClN2O/c1-2-10-5-3-6-11(9-10)18-15(19)14-12(16)7-4-8-13(14)17/h1,3-9H,17H2,(H,18,19). The highest BCUT2D eigenvalue weighted by atomic mass is 35.5. The van der Waals surface area contributed by atoms with Crippen LogP contribution in [0.2, 0.25) is 5.02 Å². The third-order valence-electron chi connectivity index (χ3n) is 2.56. The number of rotatable bonds is 2. The van der Waals surface area contributed by atoms with E-state index in [1.807, 2.05) is 0 Å². The van der Waals surface area contributed by atoms with Gasteiger partial charge in [-0.15, -0.1) is 6.42 Å².